The first-order valence-corrected chi connectivity index (χ1v) is 8.18. The van der Waals surface area contributed by atoms with Crippen molar-refractivity contribution in [2.24, 2.45) is 0 Å². The van der Waals surface area contributed by atoms with Crippen molar-refractivity contribution < 1.29 is 23.8 Å². The number of ether oxygens (including phenoxy) is 3. The Hall–Kier alpha value is -2.60. The van der Waals surface area contributed by atoms with E-state index in [4.69, 9.17) is 14.2 Å². The highest BCUT2D eigenvalue weighted by atomic mass is 79.9. The second kappa shape index (κ2) is 9.03. The Labute approximate surface area is 154 Å². The van der Waals surface area contributed by atoms with Crippen LogP contribution in [0.5, 0.6) is 11.5 Å². The lowest BCUT2D eigenvalue weighted by Crippen LogP contribution is -2.12. The van der Waals surface area contributed by atoms with Gasteiger partial charge >= 0.3 is 5.97 Å². The van der Waals surface area contributed by atoms with Crippen molar-refractivity contribution in [3.63, 3.8) is 0 Å². The molecule has 2 rings (SSSR count). The van der Waals surface area contributed by atoms with Crippen LogP contribution in [0.25, 0.3) is 6.08 Å². The minimum Gasteiger partial charge on any atom is -0.497 e. The quantitative estimate of drug-likeness (QED) is 0.397. The standard InChI is InChI=1S/C19H17BrO5/c1-23-16-9-13(10-17(11-16)24-2)3-8-19(22)25-12-18(21)14-4-6-15(20)7-5-14/h3-11H,12H2,1-2H3/b8-3+. The van der Waals surface area contributed by atoms with Crippen LogP contribution in [0.4, 0.5) is 0 Å². The molecule has 2 aromatic carbocycles. The number of rotatable bonds is 7. The number of methoxy groups -OCH3 is 2. The average molecular weight is 405 g/mol. The number of ketones is 1. The molecule has 0 aliphatic heterocycles. The lowest BCUT2D eigenvalue weighted by molar-refractivity contribution is -0.136. The zero-order valence-corrected chi connectivity index (χ0v) is 15.4. The van der Waals surface area contributed by atoms with E-state index in [0.717, 1.165) is 4.47 Å². The molecule has 5 nitrogen and oxygen atoms in total. The molecule has 0 saturated heterocycles. The van der Waals surface area contributed by atoms with Crippen LogP contribution in [0.15, 0.2) is 53.0 Å². The van der Waals surface area contributed by atoms with E-state index in [2.05, 4.69) is 15.9 Å². The molecule has 0 heterocycles. The van der Waals surface area contributed by atoms with E-state index < -0.39 is 5.97 Å². The van der Waals surface area contributed by atoms with Crippen molar-refractivity contribution in [2.45, 2.75) is 0 Å². The minimum absolute atomic E-state index is 0.266. The number of hydrogen-bond acceptors (Lipinski definition) is 5. The number of carbonyl (C=O) groups excluding carboxylic acids is 2. The monoisotopic (exact) mass is 404 g/mol. The van der Waals surface area contributed by atoms with E-state index in [-0.39, 0.29) is 12.4 Å². The third-order valence-electron chi connectivity index (χ3n) is 3.30. The van der Waals surface area contributed by atoms with Crippen molar-refractivity contribution in [2.75, 3.05) is 20.8 Å². The van der Waals surface area contributed by atoms with Gasteiger partial charge in [0.1, 0.15) is 11.5 Å². The molecule has 0 spiro atoms. The zero-order valence-electron chi connectivity index (χ0n) is 13.8. The number of carbonyl (C=O) groups is 2. The molecule has 6 heteroatoms. The van der Waals surface area contributed by atoms with Gasteiger partial charge in [0.2, 0.25) is 0 Å². The van der Waals surface area contributed by atoms with Crippen LogP contribution < -0.4 is 9.47 Å². The van der Waals surface area contributed by atoms with Crippen LogP contribution in [0.2, 0.25) is 0 Å². The normalized spacial score (nSPS) is 10.5. The maximum Gasteiger partial charge on any atom is 0.331 e. The van der Waals surface area contributed by atoms with Crippen molar-refractivity contribution in [3.05, 3.63) is 64.1 Å². The van der Waals surface area contributed by atoms with E-state index in [0.29, 0.717) is 22.6 Å². The molecule has 0 fully saturated rings. The van der Waals surface area contributed by atoms with Gasteiger partial charge in [-0.05, 0) is 35.9 Å². The smallest absolute Gasteiger partial charge is 0.331 e. The van der Waals surface area contributed by atoms with E-state index in [1.165, 1.54) is 6.08 Å². The van der Waals surface area contributed by atoms with Crippen LogP contribution in [0.1, 0.15) is 15.9 Å². The second-order valence-electron chi connectivity index (χ2n) is 5.02. The molecule has 0 bridgehead atoms. The van der Waals surface area contributed by atoms with Gasteiger partial charge in [0, 0.05) is 22.2 Å². The highest BCUT2D eigenvalue weighted by Gasteiger charge is 2.08. The number of halogens is 1. The number of Topliss-reactive ketones (excluding diaryl/α,β-unsaturated/α-hetero) is 1. The Kier molecular flexibility index (Phi) is 6.77. The topological polar surface area (TPSA) is 61.8 Å². The molecule has 0 saturated carbocycles. The molecule has 2 aromatic rings. The molecule has 0 aliphatic carbocycles. The van der Waals surface area contributed by atoms with E-state index in [1.807, 2.05) is 0 Å². The molecule has 130 valence electrons. The van der Waals surface area contributed by atoms with Gasteiger partial charge in [-0.15, -0.1) is 0 Å². The average Bonchev–Trinajstić information content (AvgIpc) is 2.64. The lowest BCUT2D eigenvalue weighted by atomic mass is 10.1. The predicted molar refractivity (Wildman–Crippen MR) is 98.0 cm³/mol. The molecule has 0 amide bonds. The summed E-state index contributed by atoms with van der Waals surface area (Å²) in [7, 11) is 3.09. The van der Waals surface area contributed by atoms with Gasteiger partial charge in [0.25, 0.3) is 0 Å². The Morgan fingerprint density at radius 3 is 2.16 bits per heavy atom. The molecule has 0 unspecified atom stereocenters. The molecule has 0 atom stereocenters. The van der Waals surface area contributed by atoms with Crippen LogP contribution in [-0.4, -0.2) is 32.6 Å². The summed E-state index contributed by atoms with van der Waals surface area (Å²) in [4.78, 5) is 23.7. The van der Waals surface area contributed by atoms with Crippen molar-refractivity contribution in [1.82, 2.24) is 0 Å². The summed E-state index contributed by atoms with van der Waals surface area (Å²) in [6, 6.07) is 12.1. The van der Waals surface area contributed by atoms with E-state index >= 15 is 0 Å². The Bertz CT molecular complexity index is 759. The van der Waals surface area contributed by atoms with Crippen LogP contribution in [0.3, 0.4) is 0 Å². The van der Waals surface area contributed by atoms with E-state index in [1.54, 1.807) is 62.8 Å². The fourth-order valence-electron chi connectivity index (χ4n) is 1.99. The van der Waals surface area contributed by atoms with Crippen molar-refractivity contribution in [3.8, 4) is 11.5 Å². The van der Waals surface area contributed by atoms with Gasteiger partial charge < -0.3 is 14.2 Å². The molecule has 0 aliphatic rings. The lowest BCUT2D eigenvalue weighted by Gasteiger charge is -2.06. The Morgan fingerprint density at radius 1 is 1.00 bits per heavy atom. The summed E-state index contributed by atoms with van der Waals surface area (Å²) in [6.45, 7) is -0.313. The summed E-state index contributed by atoms with van der Waals surface area (Å²) in [5.41, 5.74) is 1.20. The molecule has 0 aromatic heterocycles. The van der Waals surface area contributed by atoms with E-state index in [9.17, 15) is 9.59 Å². The van der Waals surface area contributed by atoms with Crippen molar-refractivity contribution >= 4 is 33.8 Å². The Morgan fingerprint density at radius 2 is 1.60 bits per heavy atom. The van der Waals surface area contributed by atoms with Gasteiger partial charge in [-0.3, -0.25) is 4.79 Å². The number of benzene rings is 2. The van der Waals surface area contributed by atoms with Gasteiger partial charge in [-0.2, -0.15) is 0 Å². The molecule has 25 heavy (non-hydrogen) atoms. The second-order valence-corrected chi connectivity index (χ2v) is 5.93. The van der Waals surface area contributed by atoms with Gasteiger partial charge in [0.05, 0.1) is 14.2 Å². The fourth-order valence-corrected chi connectivity index (χ4v) is 2.26. The van der Waals surface area contributed by atoms with Crippen LogP contribution in [-0.2, 0) is 9.53 Å². The van der Waals surface area contributed by atoms with Gasteiger partial charge in [0.15, 0.2) is 12.4 Å². The highest BCUT2D eigenvalue weighted by molar-refractivity contribution is 9.10. The molecular formula is C19H17BrO5. The third kappa shape index (κ3) is 5.76. The molecular weight excluding hydrogens is 388 g/mol. The highest BCUT2D eigenvalue weighted by Crippen LogP contribution is 2.23. The summed E-state index contributed by atoms with van der Waals surface area (Å²) in [5, 5.41) is 0. The van der Waals surface area contributed by atoms with Crippen LogP contribution >= 0.6 is 15.9 Å². The molecule has 0 N–H and O–H groups in total. The van der Waals surface area contributed by atoms with Gasteiger partial charge in [-0.25, -0.2) is 4.79 Å². The maximum atomic E-state index is 12.0. The van der Waals surface area contributed by atoms with Gasteiger partial charge in [-0.1, -0.05) is 28.1 Å². The first-order valence-electron chi connectivity index (χ1n) is 7.38. The first-order chi connectivity index (χ1) is 12.0. The van der Waals surface area contributed by atoms with Crippen molar-refractivity contribution in [1.29, 1.82) is 0 Å². The third-order valence-corrected chi connectivity index (χ3v) is 3.83. The SMILES string of the molecule is COc1cc(/C=C/C(=O)OCC(=O)c2ccc(Br)cc2)cc(OC)c1. The minimum atomic E-state index is -0.604. The summed E-state index contributed by atoms with van der Waals surface area (Å²) in [6.07, 6.45) is 2.82. The number of esters is 1. The number of hydrogen-bond donors (Lipinski definition) is 0. The summed E-state index contributed by atoms with van der Waals surface area (Å²) >= 11 is 3.30. The molecule has 0 radical (unpaired) electrons. The summed E-state index contributed by atoms with van der Waals surface area (Å²) in [5.74, 6) is 0.347. The largest absolute Gasteiger partial charge is 0.497 e. The maximum absolute atomic E-state index is 12.0. The predicted octanol–water partition coefficient (Wildman–Crippen LogP) is 3.91. The summed E-state index contributed by atoms with van der Waals surface area (Å²) < 4.78 is 16.2. The zero-order chi connectivity index (χ0) is 18.2. The Balaban J connectivity index is 1.94. The van der Waals surface area contributed by atoms with Crippen LogP contribution in [0, 0.1) is 0 Å². The first kappa shape index (κ1) is 18.7. The fraction of sp³-hybridized carbons (Fsp3) is 0.158.